The van der Waals surface area contributed by atoms with Crippen molar-refractivity contribution in [2.45, 2.75) is 66.0 Å². The number of benzene rings is 1. The van der Waals surface area contributed by atoms with Gasteiger partial charge in [0, 0.05) is 11.6 Å². The van der Waals surface area contributed by atoms with Crippen LogP contribution in [0.15, 0.2) is 52.6 Å². The van der Waals surface area contributed by atoms with Gasteiger partial charge in [-0.3, -0.25) is 14.6 Å². The average Bonchev–Trinajstić information content (AvgIpc) is 3.47. The molecule has 2 aromatic heterocycles. The minimum Gasteiger partial charge on any atom is -0.478 e. The average molecular weight is 617 g/mol. The number of aryl methyl sites for hydroxylation is 1. The molecule has 0 spiro atoms. The van der Waals surface area contributed by atoms with E-state index in [0.29, 0.717) is 11.9 Å². The number of rotatable bonds is 7. The Balaban J connectivity index is 0.000000207. The first-order valence-electron chi connectivity index (χ1n) is 14.5. The molecule has 13 nitrogen and oxygen atoms in total. The number of carboxylic acids is 1. The van der Waals surface area contributed by atoms with Crippen LogP contribution in [0.25, 0.3) is 10.9 Å². The maximum Gasteiger partial charge on any atom is 0.511 e. The van der Waals surface area contributed by atoms with Crippen molar-refractivity contribution in [3.63, 3.8) is 0 Å². The number of carbonyl (C=O) groups is 4. The number of para-hydroxylation sites is 1. The van der Waals surface area contributed by atoms with Gasteiger partial charge in [0.05, 0.1) is 11.1 Å². The second-order valence-corrected chi connectivity index (χ2v) is 11.7. The SMILES string of the molecule is CC(C)C1(C)N=C(c2nc3ccccc3cc2OC(=O)O)NC1=O.CCc1cnc(C2=NC(C)(C(C)C)C(=O)N2)c(C(=O)O)c1. The number of amides is 2. The van der Waals surface area contributed by atoms with Crippen LogP contribution in [0.5, 0.6) is 5.75 Å². The fraction of sp³-hybridized carbons (Fsp3) is 0.375. The lowest BCUT2D eigenvalue weighted by Crippen LogP contribution is -2.41. The summed E-state index contributed by atoms with van der Waals surface area (Å²) < 4.78 is 4.85. The first-order valence-corrected chi connectivity index (χ1v) is 14.5. The van der Waals surface area contributed by atoms with Crippen LogP contribution in [0.4, 0.5) is 4.79 Å². The summed E-state index contributed by atoms with van der Waals surface area (Å²) in [7, 11) is 0. The van der Waals surface area contributed by atoms with Crippen molar-refractivity contribution in [1.82, 2.24) is 20.6 Å². The van der Waals surface area contributed by atoms with Crippen LogP contribution in [0.2, 0.25) is 0 Å². The molecule has 0 fully saturated rings. The molecule has 2 atom stereocenters. The first kappa shape index (κ1) is 32.7. The minimum absolute atomic E-state index is 0.00167. The number of nitrogens with one attached hydrogen (secondary N) is 2. The van der Waals surface area contributed by atoms with Crippen LogP contribution in [0, 0.1) is 11.8 Å². The predicted molar refractivity (Wildman–Crippen MR) is 167 cm³/mol. The molecule has 2 aliphatic heterocycles. The summed E-state index contributed by atoms with van der Waals surface area (Å²) in [5, 5.41) is 24.4. The van der Waals surface area contributed by atoms with Gasteiger partial charge in [-0.05, 0) is 55.9 Å². The van der Waals surface area contributed by atoms with Gasteiger partial charge in [-0.25, -0.2) is 24.6 Å². The van der Waals surface area contributed by atoms with Crippen molar-refractivity contribution in [2.24, 2.45) is 21.8 Å². The summed E-state index contributed by atoms with van der Waals surface area (Å²) in [5.74, 6) is -1.10. The molecule has 2 amide bonds. The number of amidine groups is 2. The van der Waals surface area contributed by atoms with Gasteiger partial charge in [-0.2, -0.15) is 0 Å². The van der Waals surface area contributed by atoms with Crippen molar-refractivity contribution in [1.29, 1.82) is 0 Å². The zero-order valence-electron chi connectivity index (χ0n) is 26.1. The highest BCUT2D eigenvalue weighted by molar-refractivity contribution is 6.18. The van der Waals surface area contributed by atoms with Crippen molar-refractivity contribution in [3.8, 4) is 5.75 Å². The standard InChI is InChI=1S/C17H17N3O4.C15H19N3O3/c1-9(2)17(3)15(21)19-14(20-17)13-12(24-16(22)23)8-10-6-4-5-7-11(10)18-13;1-5-9-6-10(13(19)20)11(16-7-9)12-17-14(21)15(4,18-12)8(2)3/h4-9H,1-3H3,(H,22,23)(H,19,20,21);6-8H,5H2,1-4H3,(H,19,20)(H,17,18,21). The number of ether oxygens (including phenoxy) is 1. The molecule has 5 rings (SSSR count). The van der Waals surface area contributed by atoms with Crippen LogP contribution in [0.1, 0.15) is 75.8 Å². The molecule has 0 bridgehead atoms. The second kappa shape index (κ2) is 12.4. The number of aliphatic imine (C=N–C) groups is 2. The van der Waals surface area contributed by atoms with Gasteiger partial charge in [0.1, 0.15) is 22.5 Å². The monoisotopic (exact) mass is 616 g/mol. The zero-order chi connectivity index (χ0) is 33.3. The molecule has 2 unspecified atom stereocenters. The molecule has 236 valence electrons. The largest absolute Gasteiger partial charge is 0.511 e. The fourth-order valence-electron chi connectivity index (χ4n) is 4.59. The van der Waals surface area contributed by atoms with E-state index in [1.165, 1.54) is 0 Å². The summed E-state index contributed by atoms with van der Waals surface area (Å²) >= 11 is 0. The van der Waals surface area contributed by atoms with E-state index in [4.69, 9.17) is 9.84 Å². The lowest BCUT2D eigenvalue weighted by Gasteiger charge is -2.21. The third kappa shape index (κ3) is 6.37. The Hall–Kier alpha value is -5.20. The van der Waals surface area contributed by atoms with Gasteiger partial charge in [-0.15, -0.1) is 0 Å². The van der Waals surface area contributed by atoms with E-state index in [1.54, 1.807) is 44.3 Å². The van der Waals surface area contributed by atoms with Gasteiger partial charge in [0.25, 0.3) is 11.8 Å². The summed E-state index contributed by atoms with van der Waals surface area (Å²) in [6.07, 6.45) is 0.849. The van der Waals surface area contributed by atoms with E-state index >= 15 is 0 Å². The minimum atomic E-state index is -1.45. The number of carboxylic acid groups (broad SMARTS) is 2. The maximum absolute atomic E-state index is 12.3. The van der Waals surface area contributed by atoms with Crippen LogP contribution in [-0.2, 0) is 16.0 Å². The Morgan fingerprint density at radius 3 is 1.93 bits per heavy atom. The Labute approximate surface area is 259 Å². The van der Waals surface area contributed by atoms with Crippen LogP contribution < -0.4 is 15.4 Å². The number of carbonyl (C=O) groups excluding carboxylic acids is 2. The molecule has 0 saturated carbocycles. The highest BCUT2D eigenvalue weighted by Crippen LogP contribution is 2.31. The predicted octanol–water partition coefficient (Wildman–Crippen LogP) is 4.22. The molecule has 4 heterocycles. The third-order valence-corrected chi connectivity index (χ3v) is 8.24. The molecule has 3 aromatic rings. The Bertz CT molecular complexity index is 1770. The van der Waals surface area contributed by atoms with Crippen LogP contribution >= 0.6 is 0 Å². The second-order valence-electron chi connectivity index (χ2n) is 11.7. The summed E-state index contributed by atoms with van der Waals surface area (Å²) in [6.45, 7) is 13.0. The first-order chi connectivity index (χ1) is 21.1. The summed E-state index contributed by atoms with van der Waals surface area (Å²) in [4.78, 5) is 64.3. The third-order valence-electron chi connectivity index (χ3n) is 8.24. The Kier molecular flexibility index (Phi) is 9.03. The molecule has 1 aromatic carbocycles. The van der Waals surface area contributed by atoms with Gasteiger partial charge < -0.3 is 25.6 Å². The van der Waals surface area contributed by atoms with Crippen molar-refractivity contribution >= 4 is 46.5 Å². The number of nitrogens with zero attached hydrogens (tertiary/aromatic N) is 4. The van der Waals surface area contributed by atoms with E-state index in [1.807, 2.05) is 46.8 Å². The quantitative estimate of drug-likeness (QED) is 0.281. The lowest BCUT2D eigenvalue weighted by atomic mass is 9.89. The Morgan fingerprint density at radius 2 is 1.44 bits per heavy atom. The highest BCUT2D eigenvalue weighted by Gasteiger charge is 2.44. The molecular formula is C32H36N6O7. The van der Waals surface area contributed by atoms with Gasteiger partial charge in [0.15, 0.2) is 17.4 Å². The Morgan fingerprint density at radius 1 is 0.889 bits per heavy atom. The van der Waals surface area contributed by atoms with Crippen LogP contribution in [0.3, 0.4) is 0 Å². The van der Waals surface area contributed by atoms with Gasteiger partial charge in [0.2, 0.25) is 0 Å². The van der Waals surface area contributed by atoms with Crippen molar-refractivity contribution in [3.05, 3.63) is 65.1 Å². The van der Waals surface area contributed by atoms with Crippen molar-refractivity contribution in [2.75, 3.05) is 0 Å². The van der Waals surface area contributed by atoms with E-state index in [2.05, 4.69) is 30.6 Å². The number of hydrogen-bond donors (Lipinski definition) is 4. The van der Waals surface area contributed by atoms with Gasteiger partial charge >= 0.3 is 12.1 Å². The smallest absolute Gasteiger partial charge is 0.478 e. The zero-order valence-corrected chi connectivity index (χ0v) is 26.1. The maximum atomic E-state index is 12.3. The summed E-state index contributed by atoms with van der Waals surface area (Å²) in [6, 6.07) is 10.4. The molecule has 4 N–H and O–H groups in total. The number of aromatic nitrogens is 2. The van der Waals surface area contributed by atoms with Crippen LogP contribution in [-0.4, -0.2) is 66.9 Å². The van der Waals surface area contributed by atoms with E-state index in [9.17, 15) is 24.3 Å². The molecule has 2 aliphatic rings. The number of fused-ring (bicyclic) bond motifs is 1. The van der Waals surface area contributed by atoms with Gasteiger partial charge in [-0.1, -0.05) is 52.8 Å². The topological polar surface area (TPSA) is 193 Å². The molecular weight excluding hydrogens is 580 g/mol. The van der Waals surface area contributed by atoms with E-state index < -0.39 is 23.2 Å². The molecule has 0 aliphatic carbocycles. The fourth-order valence-corrected chi connectivity index (χ4v) is 4.59. The number of pyridine rings is 2. The molecule has 0 radical (unpaired) electrons. The van der Waals surface area contributed by atoms with E-state index in [0.717, 1.165) is 10.9 Å². The molecule has 0 saturated heterocycles. The molecule has 45 heavy (non-hydrogen) atoms. The van der Waals surface area contributed by atoms with Crippen molar-refractivity contribution < 1.29 is 34.1 Å². The van der Waals surface area contributed by atoms with E-state index in [-0.39, 0.29) is 58.0 Å². The summed E-state index contributed by atoms with van der Waals surface area (Å²) in [5.41, 5.74) is 0.125. The number of aromatic carboxylic acids is 1. The number of hydrogen-bond acceptors (Lipinski definition) is 9. The lowest BCUT2D eigenvalue weighted by molar-refractivity contribution is -0.125. The normalized spacial score (nSPS) is 20.7. The highest BCUT2D eigenvalue weighted by atomic mass is 16.7. The molecule has 13 heteroatoms.